The van der Waals surface area contributed by atoms with E-state index in [9.17, 15) is 5.11 Å². The van der Waals surface area contributed by atoms with Crippen molar-refractivity contribution in [1.82, 2.24) is 4.90 Å². The summed E-state index contributed by atoms with van der Waals surface area (Å²) in [4.78, 5) is 2.50. The number of nitrogens with two attached hydrogens (primary N) is 1. The van der Waals surface area contributed by atoms with Crippen molar-refractivity contribution in [3.63, 3.8) is 0 Å². The second-order valence-electron chi connectivity index (χ2n) is 5.34. The molecule has 1 aromatic rings. The third-order valence-corrected chi connectivity index (χ3v) is 3.86. The van der Waals surface area contributed by atoms with Crippen LogP contribution in [0.25, 0.3) is 0 Å². The predicted octanol–water partition coefficient (Wildman–Crippen LogP) is 1.73. The molecule has 3 N–H and O–H groups in total. The fourth-order valence-corrected chi connectivity index (χ4v) is 2.88. The van der Waals surface area contributed by atoms with Gasteiger partial charge in [-0.1, -0.05) is 30.4 Å². The van der Waals surface area contributed by atoms with Crippen molar-refractivity contribution in [3.05, 3.63) is 35.4 Å². The van der Waals surface area contributed by atoms with Gasteiger partial charge < -0.3 is 10.8 Å². The van der Waals surface area contributed by atoms with Crippen LogP contribution in [0.3, 0.4) is 0 Å². The van der Waals surface area contributed by atoms with E-state index < -0.39 is 0 Å². The molecular weight excluding hydrogens is 248 g/mol. The van der Waals surface area contributed by atoms with E-state index in [-0.39, 0.29) is 6.61 Å². The second-order valence-corrected chi connectivity index (χ2v) is 5.34. The Labute approximate surface area is 121 Å². The van der Waals surface area contributed by atoms with Crippen molar-refractivity contribution >= 4 is 0 Å². The van der Waals surface area contributed by atoms with E-state index in [1.54, 1.807) is 0 Å². The quantitative estimate of drug-likeness (QED) is 0.821. The maximum atomic E-state index is 9.19. The Balaban J connectivity index is 2.04. The summed E-state index contributed by atoms with van der Waals surface area (Å²) < 4.78 is 0. The number of rotatable bonds is 4. The summed E-state index contributed by atoms with van der Waals surface area (Å²) in [6.07, 6.45) is 4.62. The molecule has 3 heteroatoms. The fourth-order valence-electron chi connectivity index (χ4n) is 2.88. The molecule has 0 bridgehead atoms. The van der Waals surface area contributed by atoms with Gasteiger partial charge in [0.15, 0.2) is 0 Å². The highest BCUT2D eigenvalue weighted by atomic mass is 16.3. The minimum Gasteiger partial charge on any atom is -0.396 e. The van der Waals surface area contributed by atoms with Crippen molar-refractivity contribution in [3.8, 4) is 11.8 Å². The summed E-state index contributed by atoms with van der Waals surface area (Å²) >= 11 is 0. The van der Waals surface area contributed by atoms with E-state index in [0.717, 1.165) is 25.1 Å². The van der Waals surface area contributed by atoms with Gasteiger partial charge >= 0.3 is 0 Å². The van der Waals surface area contributed by atoms with Crippen molar-refractivity contribution in [2.24, 2.45) is 5.73 Å². The SMILES string of the molecule is NCC#Cc1cccc(CN2CCCCC2CCO)c1. The number of hydrogen-bond acceptors (Lipinski definition) is 3. The van der Waals surface area contributed by atoms with Crippen LogP contribution < -0.4 is 5.73 Å². The molecule has 2 rings (SSSR count). The molecule has 0 amide bonds. The average molecular weight is 272 g/mol. The zero-order chi connectivity index (χ0) is 14.2. The number of hydrogen-bond donors (Lipinski definition) is 2. The number of aliphatic hydroxyl groups excluding tert-OH is 1. The minimum atomic E-state index is 0.281. The number of benzene rings is 1. The predicted molar refractivity (Wildman–Crippen MR) is 82.1 cm³/mol. The third-order valence-electron chi connectivity index (χ3n) is 3.86. The summed E-state index contributed by atoms with van der Waals surface area (Å²) in [5.41, 5.74) is 7.73. The van der Waals surface area contributed by atoms with E-state index in [1.165, 1.54) is 24.8 Å². The number of nitrogens with zero attached hydrogens (tertiary/aromatic N) is 1. The topological polar surface area (TPSA) is 49.5 Å². The second kappa shape index (κ2) is 8.06. The zero-order valence-corrected chi connectivity index (χ0v) is 12.0. The summed E-state index contributed by atoms with van der Waals surface area (Å²) in [5, 5.41) is 9.19. The first-order valence-corrected chi connectivity index (χ1v) is 7.46. The van der Waals surface area contributed by atoms with E-state index in [4.69, 9.17) is 5.73 Å². The van der Waals surface area contributed by atoms with Gasteiger partial charge in [-0.15, -0.1) is 0 Å². The fraction of sp³-hybridized carbons (Fsp3) is 0.529. The molecule has 0 spiro atoms. The van der Waals surface area contributed by atoms with Crippen molar-refractivity contribution in [2.45, 2.75) is 38.3 Å². The molecule has 108 valence electrons. The first-order valence-electron chi connectivity index (χ1n) is 7.46. The van der Waals surface area contributed by atoms with E-state index in [2.05, 4.69) is 34.9 Å². The monoisotopic (exact) mass is 272 g/mol. The molecule has 3 nitrogen and oxygen atoms in total. The molecule has 1 aliphatic rings. The molecule has 1 aliphatic heterocycles. The summed E-state index contributed by atoms with van der Waals surface area (Å²) in [6, 6.07) is 8.90. The lowest BCUT2D eigenvalue weighted by atomic mass is 9.98. The van der Waals surface area contributed by atoms with Crippen LogP contribution in [0.5, 0.6) is 0 Å². The zero-order valence-electron chi connectivity index (χ0n) is 12.0. The highest BCUT2D eigenvalue weighted by Crippen LogP contribution is 2.22. The van der Waals surface area contributed by atoms with Gasteiger partial charge in [-0.25, -0.2) is 0 Å². The molecule has 0 radical (unpaired) electrons. The Morgan fingerprint density at radius 1 is 1.35 bits per heavy atom. The minimum absolute atomic E-state index is 0.281. The van der Waals surface area contributed by atoms with Gasteiger partial charge in [0.1, 0.15) is 0 Å². The van der Waals surface area contributed by atoms with Crippen LogP contribution in [0.2, 0.25) is 0 Å². The smallest absolute Gasteiger partial charge is 0.0555 e. The summed E-state index contributed by atoms with van der Waals surface area (Å²) in [6.45, 7) is 2.75. The summed E-state index contributed by atoms with van der Waals surface area (Å²) in [5.74, 6) is 5.98. The summed E-state index contributed by atoms with van der Waals surface area (Å²) in [7, 11) is 0. The van der Waals surface area contributed by atoms with Crippen LogP contribution in [-0.2, 0) is 6.54 Å². The molecular formula is C17H24N2O. The van der Waals surface area contributed by atoms with Gasteiger partial charge in [0.2, 0.25) is 0 Å². The van der Waals surface area contributed by atoms with Crippen molar-refractivity contribution in [2.75, 3.05) is 19.7 Å². The van der Waals surface area contributed by atoms with Crippen LogP contribution in [-0.4, -0.2) is 35.7 Å². The van der Waals surface area contributed by atoms with Gasteiger partial charge in [0.25, 0.3) is 0 Å². The molecule has 1 fully saturated rings. The van der Waals surface area contributed by atoms with E-state index >= 15 is 0 Å². The number of piperidine rings is 1. The molecule has 1 atom stereocenters. The van der Waals surface area contributed by atoms with E-state index in [0.29, 0.717) is 12.6 Å². The first kappa shape index (κ1) is 15.1. The van der Waals surface area contributed by atoms with Crippen LogP contribution in [0.1, 0.15) is 36.8 Å². The van der Waals surface area contributed by atoms with Crippen LogP contribution in [0.15, 0.2) is 24.3 Å². The Kier molecular flexibility index (Phi) is 6.07. The molecule has 1 heterocycles. The van der Waals surface area contributed by atoms with Crippen LogP contribution >= 0.6 is 0 Å². The van der Waals surface area contributed by atoms with Crippen molar-refractivity contribution in [1.29, 1.82) is 0 Å². The maximum absolute atomic E-state index is 9.19. The standard InChI is InChI=1S/C17H24N2O/c18-10-4-7-15-5-3-6-16(13-15)14-19-11-2-1-8-17(19)9-12-20/h3,5-6,13,17,20H,1-2,8-12,14,18H2. The average Bonchev–Trinajstić information content (AvgIpc) is 2.48. The van der Waals surface area contributed by atoms with Crippen LogP contribution in [0.4, 0.5) is 0 Å². The molecule has 0 saturated carbocycles. The Morgan fingerprint density at radius 3 is 3.05 bits per heavy atom. The van der Waals surface area contributed by atoms with Gasteiger partial charge in [-0.05, 0) is 43.5 Å². The lowest BCUT2D eigenvalue weighted by Crippen LogP contribution is -2.39. The molecule has 0 aromatic heterocycles. The van der Waals surface area contributed by atoms with Gasteiger partial charge in [0.05, 0.1) is 6.54 Å². The lowest BCUT2D eigenvalue weighted by molar-refractivity contribution is 0.112. The Morgan fingerprint density at radius 2 is 2.25 bits per heavy atom. The normalized spacial score (nSPS) is 19.4. The van der Waals surface area contributed by atoms with Crippen LogP contribution in [0, 0.1) is 11.8 Å². The molecule has 0 aliphatic carbocycles. The largest absolute Gasteiger partial charge is 0.396 e. The Bertz CT molecular complexity index is 473. The van der Waals surface area contributed by atoms with Gasteiger partial charge in [-0.2, -0.15) is 0 Å². The number of aliphatic hydroxyl groups is 1. The Hall–Kier alpha value is -1.34. The third kappa shape index (κ3) is 4.35. The maximum Gasteiger partial charge on any atom is 0.0555 e. The highest BCUT2D eigenvalue weighted by molar-refractivity contribution is 5.37. The van der Waals surface area contributed by atoms with Gasteiger partial charge in [0, 0.05) is 24.8 Å². The van der Waals surface area contributed by atoms with E-state index in [1.807, 2.05) is 6.07 Å². The lowest BCUT2D eigenvalue weighted by Gasteiger charge is -2.35. The highest BCUT2D eigenvalue weighted by Gasteiger charge is 2.21. The molecule has 1 aromatic carbocycles. The molecule has 1 unspecified atom stereocenters. The van der Waals surface area contributed by atoms with Gasteiger partial charge in [-0.3, -0.25) is 4.90 Å². The molecule has 20 heavy (non-hydrogen) atoms. The first-order chi connectivity index (χ1) is 9.83. The van der Waals surface area contributed by atoms with Crippen molar-refractivity contribution < 1.29 is 5.11 Å². The number of likely N-dealkylation sites (tertiary alicyclic amines) is 1. The molecule has 1 saturated heterocycles.